The van der Waals surface area contributed by atoms with E-state index in [0.29, 0.717) is 22.5 Å². The van der Waals surface area contributed by atoms with E-state index in [0.717, 1.165) is 6.42 Å². The van der Waals surface area contributed by atoms with Gasteiger partial charge in [-0.1, -0.05) is 34.6 Å². The fourth-order valence-corrected chi connectivity index (χ4v) is 2.51. The van der Waals surface area contributed by atoms with E-state index in [1.54, 1.807) is 0 Å². The van der Waals surface area contributed by atoms with Crippen LogP contribution in [0.1, 0.15) is 41.0 Å². The van der Waals surface area contributed by atoms with Crippen molar-refractivity contribution in [2.24, 2.45) is 5.92 Å². The molecule has 0 amide bonds. The normalized spacial score (nSPS) is 15.2. The summed E-state index contributed by atoms with van der Waals surface area (Å²) in [6.45, 7) is 11.4. The van der Waals surface area contributed by atoms with Gasteiger partial charge < -0.3 is 5.11 Å². The second-order valence-corrected chi connectivity index (χ2v) is 6.59. The molecule has 0 fully saturated rings. The third-order valence-corrected chi connectivity index (χ3v) is 3.45. The van der Waals surface area contributed by atoms with Gasteiger partial charge in [-0.05, 0) is 12.3 Å². The average molecular weight is 190 g/mol. The molecule has 0 rings (SSSR count). The molecule has 0 saturated heterocycles. The Morgan fingerprint density at radius 1 is 1.25 bits per heavy atom. The van der Waals surface area contributed by atoms with Gasteiger partial charge in [0.25, 0.3) is 0 Å². The Morgan fingerprint density at radius 2 is 1.75 bits per heavy atom. The lowest BCUT2D eigenvalue weighted by Crippen LogP contribution is -2.21. The molecule has 1 atom stereocenters. The largest absolute Gasteiger partial charge is 0.396 e. The van der Waals surface area contributed by atoms with Gasteiger partial charge in [0.1, 0.15) is 0 Å². The van der Waals surface area contributed by atoms with Gasteiger partial charge in [-0.25, -0.2) is 0 Å². The van der Waals surface area contributed by atoms with Gasteiger partial charge in [0.15, 0.2) is 0 Å². The van der Waals surface area contributed by atoms with Crippen molar-refractivity contribution in [3.63, 3.8) is 0 Å². The summed E-state index contributed by atoms with van der Waals surface area (Å²) >= 11 is 1.97. The molecule has 0 spiro atoms. The monoisotopic (exact) mass is 190 g/mol. The summed E-state index contributed by atoms with van der Waals surface area (Å²) in [4.78, 5) is 0. The van der Waals surface area contributed by atoms with E-state index in [1.807, 2.05) is 11.8 Å². The summed E-state index contributed by atoms with van der Waals surface area (Å²) in [5.41, 5.74) is 0. The molecule has 2 heteroatoms. The van der Waals surface area contributed by atoms with Crippen molar-refractivity contribution in [1.82, 2.24) is 0 Å². The van der Waals surface area contributed by atoms with Crippen molar-refractivity contribution in [2.45, 2.75) is 51.0 Å². The van der Waals surface area contributed by atoms with Gasteiger partial charge in [0.05, 0.1) is 0 Å². The van der Waals surface area contributed by atoms with Gasteiger partial charge in [-0.15, -0.1) is 0 Å². The minimum Gasteiger partial charge on any atom is -0.396 e. The van der Waals surface area contributed by atoms with Crippen LogP contribution in [0.5, 0.6) is 0 Å². The molecule has 1 nitrogen and oxygen atoms in total. The van der Waals surface area contributed by atoms with Crippen LogP contribution < -0.4 is 0 Å². The predicted octanol–water partition coefficient (Wildman–Crippen LogP) is 2.93. The maximum atomic E-state index is 8.87. The molecule has 0 saturated carbocycles. The van der Waals surface area contributed by atoms with Crippen LogP contribution in [-0.4, -0.2) is 21.7 Å². The Bertz CT molecular complexity index is 115. The lowest BCUT2D eigenvalue weighted by molar-refractivity contribution is 0.279. The summed E-state index contributed by atoms with van der Waals surface area (Å²) in [5.74, 6) is 0.654. The van der Waals surface area contributed by atoms with Crippen molar-refractivity contribution in [3.05, 3.63) is 0 Å². The zero-order valence-electron chi connectivity index (χ0n) is 8.92. The second kappa shape index (κ2) is 5.13. The molecule has 12 heavy (non-hydrogen) atoms. The first-order valence-electron chi connectivity index (χ1n) is 4.65. The Morgan fingerprint density at radius 3 is 2.00 bits per heavy atom. The van der Waals surface area contributed by atoms with Gasteiger partial charge in [-0.3, -0.25) is 0 Å². The van der Waals surface area contributed by atoms with Crippen molar-refractivity contribution in [3.8, 4) is 0 Å². The molecule has 74 valence electrons. The number of thioether (sulfide) groups is 1. The van der Waals surface area contributed by atoms with E-state index in [-0.39, 0.29) is 0 Å². The highest BCUT2D eigenvalue weighted by atomic mass is 32.2. The minimum absolute atomic E-state index is 0.310. The van der Waals surface area contributed by atoms with Crippen LogP contribution >= 0.6 is 11.8 Å². The Labute approximate surface area is 80.9 Å². The van der Waals surface area contributed by atoms with E-state index in [2.05, 4.69) is 34.6 Å². The summed E-state index contributed by atoms with van der Waals surface area (Å²) in [6.07, 6.45) is 0.916. The minimum atomic E-state index is 0.310. The summed E-state index contributed by atoms with van der Waals surface area (Å²) < 4.78 is 0.310. The lowest BCUT2D eigenvalue weighted by atomic mass is 10.1. The topological polar surface area (TPSA) is 20.2 Å². The van der Waals surface area contributed by atoms with Crippen LogP contribution in [0, 0.1) is 5.92 Å². The van der Waals surface area contributed by atoms with Crippen molar-refractivity contribution >= 4 is 11.8 Å². The van der Waals surface area contributed by atoms with E-state index in [9.17, 15) is 0 Å². The standard InChI is InChI=1S/C10H22OS/c1-8(2)9(6-7-11)12-10(3,4)5/h8-9,11H,6-7H2,1-5H3. The lowest BCUT2D eigenvalue weighted by Gasteiger charge is -2.27. The smallest absolute Gasteiger partial charge is 0.0441 e. The van der Waals surface area contributed by atoms with Crippen LogP contribution in [-0.2, 0) is 0 Å². The fourth-order valence-electron chi connectivity index (χ4n) is 1.11. The first kappa shape index (κ1) is 12.3. The van der Waals surface area contributed by atoms with Crippen LogP contribution in [0.15, 0.2) is 0 Å². The Hall–Kier alpha value is 0.310. The number of aliphatic hydroxyl groups is 1. The number of rotatable bonds is 4. The molecule has 0 radical (unpaired) electrons. The molecule has 0 aliphatic heterocycles. The summed E-state index contributed by atoms with van der Waals surface area (Å²) in [6, 6.07) is 0. The maximum absolute atomic E-state index is 8.87. The Kier molecular flexibility index (Phi) is 5.26. The fraction of sp³-hybridized carbons (Fsp3) is 1.00. The molecular weight excluding hydrogens is 168 g/mol. The van der Waals surface area contributed by atoms with Gasteiger partial charge in [0.2, 0.25) is 0 Å². The van der Waals surface area contributed by atoms with Gasteiger partial charge in [0, 0.05) is 16.6 Å². The first-order valence-corrected chi connectivity index (χ1v) is 5.53. The van der Waals surface area contributed by atoms with Crippen molar-refractivity contribution < 1.29 is 5.11 Å². The molecule has 0 bridgehead atoms. The number of hydrogen-bond acceptors (Lipinski definition) is 2. The molecule has 0 aromatic rings. The predicted molar refractivity (Wildman–Crippen MR) is 57.7 cm³/mol. The summed E-state index contributed by atoms with van der Waals surface area (Å²) in [5, 5.41) is 9.46. The zero-order valence-corrected chi connectivity index (χ0v) is 9.74. The van der Waals surface area contributed by atoms with E-state index < -0.39 is 0 Å². The second-order valence-electron chi connectivity index (χ2n) is 4.52. The highest BCUT2D eigenvalue weighted by Crippen LogP contribution is 2.33. The van der Waals surface area contributed by atoms with E-state index in [1.165, 1.54) is 0 Å². The van der Waals surface area contributed by atoms with Gasteiger partial charge in [-0.2, -0.15) is 11.8 Å². The van der Waals surface area contributed by atoms with Gasteiger partial charge >= 0.3 is 0 Å². The van der Waals surface area contributed by atoms with Crippen LogP contribution in [0.4, 0.5) is 0 Å². The number of aliphatic hydroxyl groups excluding tert-OH is 1. The third kappa shape index (κ3) is 5.90. The number of hydrogen-bond donors (Lipinski definition) is 1. The highest BCUT2D eigenvalue weighted by Gasteiger charge is 2.21. The molecule has 0 aromatic heterocycles. The van der Waals surface area contributed by atoms with Crippen LogP contribution in [0.2, 0.25) is 0 Å². The Balaban J connectivity index is 3.95. The third-order valence-electron chi connectivity index (χ3n) is 1.66. The van der Waals surface area contributed by atoms with E-state index >= 15 is 0 Å². The molecule has 0 heterocycles. The molecule has 1 N–H and O–H groups in total. The molecule has 0 aliphatic carbocycles. The summed E-state index contributed by atoms with van der Waals surface area (Å²) in [7, 11) is 0. The molecule has 0 aliphatic rings. The van der Waals surface area contributed by atoms with Crippen LogP contribution in [0.25, 0.3) is 0 Å². The molecule has 0 aromatic carbocycles. The first-order chi connectivity index (χ1) is 5.37. The molecular formula is C10H22OS. The quantitative estimate of drug-likeness (QED) is 0.735. The average Bonchev–Trinajstić information content (AvgIpc) is 1.83. The van der Waals surface area contributed by atoms with Crippen molar-refractivity contribution in [2.75, 3.05) is 6.61 Å². The SMILES string of the molecule is CC(C)C(CCO)SC(C)(C)C. The van der Waals surface area contributed by atoms with Crippen molar-refractivity contribution in [1.29, 1.82) is 0 Å². The molecule has 1 unspecified atom stereocenters. The van der Waals surface area contributed by atoms with Crippen LogP contribution in [0.3, 0.4) is 0 Å². The maximum Gasteiger partial charge on any atom is 0.0441 e. The highest BCUT2D eigenvalue weighted by molar-refractivity contribution is 8.01. The zero-order chi connectivity index (χ0) is 9.78. The van der Waals surface area contributed by atoms with E-state index in [4.69, 9.17) is 5.11 Å².